The van der Waals surface area contributed by atoms with Gasteiger partial charge in [0.05, 0.1) is 0 Å². The number of fused-ring (bicyclic) bond motifs is 1. The van der Waals surface area contributed by atoms with Gasteiger partial charge >= 0.3 is 5.82 Å². The van der Waals surface area contributed by atoms with Crippen molar-refractivity contribution in [3.63, 3.8) is 0 Å². The minimum absolute atomic E-state index is 0.223. The molecule has 0 saturated heterocycles. The van der Waals surface area contributed by atoms with E-state index in [1.807, 2.05) is 0 Å². The predicted molar refractivity (Wildman–Crippen MR) is 43.3 cm³/mol. The summed E-state index contributed by atoms with van der Waals surface area (Å²) in [6.45, 7) is 0. The van der Waals surface area contributed by atoms with Crippen LogP contribution in [0.3, 0.4) is 0 Å². The largest absolute Gasteiger partial charge is 0.519 e. The quantitative estimate of drug-likeness (QED) is 0.689. The zero-order chi connectivity index (χ0) is 9.42. The second-order valence-electron chi connectivity index (χ2n) is 2.48. The predicted octanol–water partition coefficient (Wildman–Crippen LogP) is 0.485. The Morgan fingerprint density at radius 2 is 1.92 bits per heavy atom. The summed E-state index contributed by atoms with van der Waals surface area (Å²) in [5.41, 5.74) is 5.82. The average molecular weight is 179 g/mol. The lowest BCUT2D eigenvalue weighted by Gasteiger charge is -1.91. The number of hydrogen-bond donors (Lipinski definition) is 1. The Balaban J connectivity index is 2.74. The van der Waals surface area contributed by atoms with Crippen LogP contribution in [0.25, 0.3) is 11.2 Å². The molecule has 66 valence electrons. The van der Waals surface area contributed by atoms with Crippen LogP contribution >= 0.6 is 0 Å². The van der Waals surface area contributed by atoms with Crippen LogP contribution in [-0.2, 0) is 0 Å². The number of carbonyl (C=O) groups excluding carboxylic acids is 1. The second kappa shape index (κ2) is 2.48. The van der Waals surface area contributed by atoms with Crippen molar-refractivity contribution in [3.8, 4) is 0 Å². The fourth-order valence-electron chi connectivity index (χ4n) is 1.03. The first-order chi connectivity index (χ1) is 6.16. The molecule has 2 aromatic rings. The maximum atomic E-state index is 10.7. The molecular weight excluding hydrogens is 174 g/mol. The molecule has 5 heteroatoms. The van der Waals surface area contributed by atoms with Gasteiger partial charge in [0, 0.05) is 5.56 Å². The van der Waals surface area contributed by atoms with E-state index in [0.717, 1.165) is 0 Å². The summed E-state index contributed by atoms with van der Waals surface area (Å²) < 4.78 is 9.26. The number of carbonyl (C=O) groups is 1. The maximum Gasteiger partial charge on any atom is 0.519 e. The van der Waals surface area contributed by atoms with E-state index in [9.17, 15) is 9.59 Å². The van der Waals surface area contributed by atoms with Crippen molar-refractivity contribution in [2.24, 2.45) is 5.73 Å². The number of hydrogen-bond acceptors (Lipinski definition) is 4. The molecule has 0 unspecified atom stereocenters. The summed E-state index contributed by atoms with van der Waals surface area (Å²) in [7, 11) is 0. The molecule has 1 aromatic heterocycles. The molecule has 0 atom stereocenters. The van der Waals surface area contributed by atoms with Crippen LogP contribution in [0.2, 0.25) is 0 Å². The number of primary amides is 1. The van der Waals surface area contributed by atoms with E-state index in [0.29, 0.717) is 5.58 Å². The SMILES string of the molecule is NC(=O)c1ccc2oc(=O)oc2c1. The summed E-state index contributed by atoms with van der Waals surface area (Å²) in [4.78, 5) is 21.3. The van der Waals surface area contributed by atoms with Gasteiger partial charge in [0.25, 0.3) is 0 Å². The van der Waals surface area contributed by atoms with E-state index < -0.39 is 11.7 Å². The summed E-state index contributed by atoms with van der Waals surface area (Å²) >= 11 is 0. The van der Waals surface area contributed by atoms with Crippen molar-refractivity contribution in [2.45, 2.75) is 0 Å². The molecule has 0 aliphatic heterocycles. The molecule has 0 fully saturated rings. The molecule has 0 spiro atoms. The minimum Gasteiger partial charge on any atom is -0.391 e. The fourth-order valence-corrected chi connectivity index (χ4v) is 1.03. The lowest BCUT2D eigenvalue weighted by molar-refractivity contribution is 0.100. The van der Waals surface area contributed by atoms with Crippen molar-refractivity contribution in [3.05, 3.63) is 34.4 Å². The summed E-state index contributed by atoms with van der Waals surface area (Å²) in [5, 5.41) is 0. The summed E-state index contributed by atoms with van der Waals surface area (Å²) in [6, 6.07) is 4.28. The Morgan fingerprint density at radius 1 is 1.23 bits per heavy atom. The highest BCUT2D eigenvalue weighted by Gasteiger charge is 2.06. The molecule has 2 rings (SSSR count). The Hall–Kier alpha value is -2.04. The fraction of sp³-hybridized carbons (Fsp3) is 0. The van der Waals surface area contributed by atoms with Crippen molar-refractivity contribution in [1.82, 2.24) is 0 Å². The van der Waals surface area contributed by atoms with Gasteiger partial charge in [0.15, 0.2) is 11.2 Å². The molecule has 0 aliphatic carbocycles. The van der Waals surface area contributed by atoms with E-state index in [1.165, 1.54) is 18.2 Å². The van der Waals surface area contributed by atoms with Crippen molar-refractivity contribution >= 4 is 17.1 Å². The van der Waals surface area contributed by atoms with E-state index in [-0.39, 0.29) is 11.1 Å². The van der Waals surface area contributed by atoms with Gasteiger partial charge in [0.2, 0.25) is 5.91 Å². The molecule has 5 nitrogen and oxygen atoms in total. The number of benzene rings is 1. The molecule has 0 aliphatic rings. The highest BCUT2D eigenvalue weighted by molar-refractivity contribution is 5.95. The molecule has 1 aromatic carbocycles. The highest BCUT2D eigenvalue weighted by atomic mass is 16.6. The minimum atomic E-state index is -0.795. The standard InChI is InChI=1S/C8H5NO4/c9-7(10)4-1-2-5-6(3-4)13-8(11)12-5/h1-3H,(H2,9,10). The van der Waals surface area contributed by atoms with Crippen LogP contribution in [-0.4, -0.2) is 5.91 Å². The zero-order valence-electron chi connectivity index (χ0n) is 6.44. The van der Waals surface area contributed by atoms with E-state index in [2.05, 4.69) is 8.83 Å². The third kappa shape index (κ3) is 1.20. The number of amides is 1. The third-order valence-corrected chi connectivity index (χ3v) is 1.61. The Morgan fingerprint density at radius 3 is 2.62 bits per heavy atom. The van der Waals surface area contributed by atoms with Gasteiger partial charge < -0.3 is 14.6 Å². The molecule has 0 radical (unpaired) electrons. The molecule has 1 heterocycles. The van der Waals surface area contributed by atoms with Crippen LogP contribution in [0, 0.1) is 0 Å². The molecule has 13 heavy (non-hydrogen) atoms. The lowest BCUT2D eigenvalue weighted by Crippen LogP contribution is -2.10. The highest BCUT2D eigenvalue weighted by Crippen LogP contribution is 2.13. The average Bonchev–Trinajstić information content (AvgIpc) is 2.42. The van der Waals surface area contributed by atoms with Gasteiger partial charge in [-0.05, 0) is 18.2 Å². The van der Waals surface area contributed by atoms with Crippen LogP contribution < -0.4 is 11.6 Å². The first kappa shape index (κ1) is 7.60. The van der Waals surface area contributed by atoms with Gasteiger partial charge in [-0.2, -0.15) is 0 Å². The van der Waals surface area contributed by atoms with Crippen molar-refractivity contribution in [2.75, 3.05) is 0 Å². The first-order valence-electron chi connectivity index (χ1n) is 3.50. The van der Waals surface area contributed by atoms with E-state index in [1.54, 1.807) is 0 Å². The van der Waals surface area contributed by atoms with Crippen LogP contribution in [0.1, 0.15) is 10.4 Å². The summed E-state index contributed by atoms with van der Waals surface area (Å²) in [6.07, 6.45) is 0. The summed E-state index contributed by atoms with van der Waals surface area (Å²) in [5.74, 6) is -1.37. The van der Waals surface area contributed by atoms with Gasteiger partial charge in [-0.25, -0.2) is 4.79 Å². The zero-order valence-corrected chi connectivity index (χ0v) is 6.44. The Kier molecular flexibility index (Phi) is 1.45. The molecule has 1 amide bonds. The Bertz CT molecular complexity index is 522. The molecule has 2 N–H and O–H groups in total. The van der Waals surface area contributed by atoms with Gasteiger partial charge in [0.1, 0.15) is 0 Å². The van der Waals surface area contributed by atoms with Gasteiger partial charge in [-0.15, -0.1) is 0 Å². The number of nitrogens with two attached hydrogens (primary N) is 1. The smallest absolute Gasteiger partial charge is 0.391 e. The molecule has 0 bridgehead atoms. The van der Waals surface area contributed by atoms with Crippen LogP contribution in [0.4, 0.5) is 0 Å². The first-order valence-corrected chi connectivity index (χ1v) is 3.50. The third-order valence-electron chi connectivity index (χ3n) is 1.61. The molecular formula is C8H5NO4. The van der Waals surface area contributed by atoms with Gasteiger partial charge in [-0.1, -0.05) is 0 Å². The second-order valence-corrected chi connectivity index (χ2v) is 2.48. The van der Waals surface area contributed by atoms with Crippen LogP contribution in [0.15, 0.2) is 31.8 Å². The Labute approximate surface area is 71.7 Å². The lowest BCUT2D eigenvalue weighted by atomic mass is 10.2. The van der Waals surface area contributed by atoms with Crippen molar-refractivity contribution < 1.29 is 13.6 Å². The van der Waals surface area contributed by atoms with Crippen molar-refractivity contribution in [1.29, 1.82) is 0 Å². The van der Waals surface area contributed by atoms with E-state index >= 15 is 0 Å². The van der Waals surface area contributed by atoms with Crippen LogP contribution in [0.5, 0.6) is 0 Å². The topological polar surface area (TPSA) is 86.4 Å². The maximum absolute atomic E-state index is 10.7. The van der Waals surface area contributed by atoms with E-state index in [4.69, 9.17) is 5.73 Å². The van der Waals surface area contributed by atoms with Gasteiger partial charge in [-0.3, -0.25) is 4.79 Å². The number of rotatable bonds is 1. The normalized spacial score (nSPS) is 10.5. The monoisotopic (exact) mass is 179 g/mol. The molecule has 0 saturated carbocycles.